The lowest BCUT2D eigenvalue weighted by molar-refractivity contribution is -0.144. The molecular formula is C16H26F3N3O. The topological polar surface area (TPSA) is 44.4 Å². The normalized spacial score (nSPS) is 35.3. The Labute approximate surface area is 135 Å². The molecule has 0 bridgehead atoms. The minimum atomic E-state index is -4.14. The van der Waals surface area contributed by atoms with Gasteiger partial charge in [-0.3, -0.25) is 9.69 Å². The predicted octanol–water partition coefficient (Wildman–Crippen LogP) is 1.77. The van der Waals surface area contributed by atoms with Crippen LogP contribution >= 0.6 is 0 Å². The number of likely N-dealkylation sites (tertiary alicyclic amines) is 1. The van der Waals surface area contributed by atoms with Crippen LogP contribution < -0.4 is 10.6 Å². The largest absolute Gasteiger partial charge is 0.401 e. The number of alkyl halides is 3. The molecule has 3 fully saturated rings. The number of halogens is 3. The summed E-state index contributed by atoms with van der Waals surface area (Å²) in [4.78, 5) is 14.2. The van der Waals surface area contributed by atoms with Crippen LogP contribution in [0.15, 0.2) is 0 Å². The van der Waals surface area contributed by atoms with E-state index < -0.39 is 12.7 Å². The first-order valence-electron chi connectivity index (χ1n) is 8.67. The van der Waals surface area contributed by atoms with Crippen molar-refractivity contribution < 1.29 is 18.0 Å². The monoisotopic (exact) mass is 333 g/mol. The molecule has 1 amide bonds. The van der Waals surface area contributed by atoms with Gasteiger partial charge in [-0.1, -0.05) is 12.8 Å². The van der Waals surface area contributed by atoms with Crippen LogP contribution in [0.3, 0.4) is 0 Å². The van der Waals surface area contributed by atoms with E-state index in [2.05, 4.69) is 10.6 Å². The molecule has 0 radical (unpaired) electrons. The third kappa shape index (κ3) is 3.82. The Morgan fingerprint density at radius 1 is 1.30 bits per heavy atom. The minimum absolute atomic E-state index is 0.112. The maximum atomic E-state index is 12.7. The van der Waals surface area contributed by atoms with Crippen molar-refractivity contribution in [2.24, 2.45) is 17.3 Å². The first-order valence-corrected chi connectivity index (χ1v) is 8.67. The van der Waals surface area contributed by atoms with Crippen molar-refractivity contribution in [3.8, 4) is 0 Å². The second kappa shape index (κ2) is 6.59. The van der Waals surface area contributed by atoms with E-state index >= 15 is 0 Å². The van der Waals surface area contributed by atoms with E-state index in [-0.39, 0.29) is 17.2 Å². The average Bonchev–Trinajstić information content (AvgIpc) is 3.10. The van der Waals surface area contributed by atoms with Gasteiger partial charge in [0.25, 0.3) is 0 Å². The van der Waals surface area contributed by atoms with Crippen LogP contribution in [0, 0.1) is 17.3 Å². The third-order valence-electron chi connectivity index (χ3n) is 5.81. The molecule has 2 N–H and O–H groups in total. The molecule has 0 aromatic heterocycles. The maximum Gasteiger partial charge on any atom is 0.401 e. The van der Waals surface area contributed by atoms with Gasteiger partial charge in [-0.2, -0.15) is 13.2 Å². The van der Waals surface area contributed by atoms with Crippen LogP contribution in [0.4, 0.5) is 13.2 Å². The summed E-state index contributed by atoms with van der Waals surface area (Å²) in [7, 11) is 0. The summed E-state index contributed by atoms with van der Waals surface area (Å²) < 4.78 is 37.3. The number of fused-ring (bicyclic) bond motifs is 1. The van der Waals surface area contributed by atoms with Gasteiger partial charge in [0.1, 0.15) is 0 Å². The standard InChI is InChI=1S/C16H26F3N3O/c17-16(18,19)11-22-6-4-12(9-22)7-21-14(23)15-5-2-1-3-13(15)8-20-10-15/h12-13,20H,1-11H2,(H,21,23)/t12?,13-,15+/m0/s1. The molecule has 132 valence electrons. The smallest absolute Gasteiger partial charge is 0.355 e. The van der Waals surface area contributed by atoms with Crippen molar-refractivity contribution in [1.82, 2.24) is 15.5 Å². The van der Waals surface area contributed by atoms with E-state index in [1.165, 1.54) is 11.3 Å². The van der Waals surface area contributed by atoms with Gasteiger partial charge in [-0.05, 0) is 44.2 Å². The Morgan fingerprint density at radius 2 is 2.13 bits per heavy atom. The fraction of sp³-hybridized carbons (Fsp3) is 0.938. The van der Waals surface area contributed by atoms with Gasteiger partial charge in [0, 0.05) is 19.6 Å². The zero-order valence-electron chi connectivity index (χ0n) is 13.4. The van der Waals surface area contributed by atoms with Crippen LogP contribution in [0.1, 0.15) is 32.1 Å². The molecule has 4 nitrogen and oxygen atoms in total. The summed E-state index contributed by atoms with van der Waals surface area (Å²) in [6.07, 6.45) is 0.905. The zero-order valence-corrected chi connectivity index (χ0v) is 13.4. The predicted molar refractivity (Wildman–Crippen MR) is 80.9 cm³/mol. The summed E-state index contributed by atoms with van der Waals surface area (Å²) in [6.45, 7) is 2.21. The number of carbonyl (C=O) groups is 1. The molecular weight excluding hydrogens is 307 g/mol. The van der Waals surface area contributed by atoms with Crippen LogP contribution in [0.5, 0.6) is 0 Å². The Kier molecular flexibility index (Phi) is 4.88. The maximum absolute atomic E-state index is 12.7. The molecule has 0 aromatic carbocycles. The first-order chi connectivity index (χ1) is 10.9. The van der Waals surface area contributed by atoms with Gasteiger partial charge >= 0.3 is 6.18 Å². The summed E-state index contributed by atoms with van der Waals surface area (Å²) in [6, 6.07) is 0. The van der Waals surface area contributed by atoms with Crippen LogP contribution in [0.25, 0.3) is 0 Å². The van der Waals surface area contributed by atoms with E-state index in [1.54, 1.807) is 0 Å². The molecule has 1 unspecified atom stereocenters. The average molecular weight is 333 g/mol. The van der Waals surface area contributed by atoms with E-state index in [1.807, 2.05) is 0 Å². The highest BCUT2D eigenvalue weighted by atomic mass is 19.4. The number of carbonyl (C=O) groups excluding carboxylic acids is 1. The van der Waals surface area contributed by atoms with Crippen molar-refractivity contribution >= 4 is 5.91 Å². The van der Waals surface area contributed by atoms with E-state index in [0.29, 0.717) is 25.6 Å². The Hall–Kier alpha value is -0.820. The number of nitrogens with zero attached hydrogens (tertiary/aromatic N) is 1. The molecule has 23 heavy (non-hydrogen) atoms. The third-order valence-corrected chi connectivity index (χ3v) is 5.81. The zero-order chi connectivity index (χ0) is 16.5. The minimum Gasteiger partial charge on any atom is -0.355 e. The Morgan fingerprint density at radius 3 is 2.91 bits per heavy atom. The molecule has 7 heteroatoms. The molecule has 1 saturated carbocycles. The number of amides is 1. The second-order valence-corrected chi connectivity index (χ2v) is 7.44. The van der Waals surface area contributed by atoms with Crippen molar-refractivity contribution in [3.05, 3.63) is 0 Å². The highest BCUT2D eigenvalue weighted by molar-refractivity contribution is 5.83. The second-order valence-electron chi connectivity index (χ2n) is 7.44. The van der Waals surface area contributed by atoms with E-state index in [9.17, 15) is 18.0 Å². The van der Waals surface area contributed by atoms with Crippen molar-refractivity contribution in [3.63, 3.8) is 0 Å². The summed E-state index contributed by atoms with van der Waals surface area (Å²) in [5.74, 6) is 0.664. The fourth-order valence-electron chi connectivity index (χ4n) is 4.58. The van der Waals surface area contributed by atoms with Gasteiger partial charge in [0.2, 0.25) is 5.91 Å². The van der Waals surface area contributed by atoms with Gasteiger partial charge in [0.15, 0.2) is 0 Å². The van der Waals surface area contributed by atoms with Crippen LogP contribution in [0.2, 0.25) is 0 Å². The number of hydrogen-bond donors (Lipinski definition) is 2. The molecule has 1 aliphatic carbocycles. The van der Waals surface area contributed by atoms with Gasteiger partial charge in [-0.15, -0.1) is 0 Å². The SMILES string of the molecule is O=C(NCC1CCN(CC(F)(F)F)C1)[C@@]12CCCC[C@H]1CNC2. The summed E-state index contributed by atoms with van der Waals surface area (Å²) >= 11 is 0. The van der Waals surface area contributed by atoms with Gasteiger partial charge in [0.05, 0.1) is 12.0 Å². The van der Waals surface area contributed by atoms with Gasteiger partial charge < -0.3 is 10.6 Å². The molecule has 3 rings (SSSR count). The van der Waals surface area contributed by atoms with E-state index in [4.69, 9.17) is 0 Å². The van der Waals surface area contributed by atoms with E-state index in [0.717, 1.165) is 38.8 Å². The quantitative estimate of drug-likeness (QED) is 0.824. The lowest BCUT2D eigenvalue weighted by atomic mass is 9.67. The highest BCUT2D eigenvalue weighted by Crippen LogP contribution is 2.43. The molecule has 2 saturated heterocycles. The van der Waals surface area contributed by atoms with Crippen LogP contribution in [-0.4, -0.2) is 56.3 Å². The number of hydrogen-bond acceptors (Lipinski definition) is 3. The molecule has 0 spiro atoms. The highest BCUT2D eigenvalue weighted by Gasteiger charge is 2.49. The lowest BCUT2D eigenvalue weighted by Crippen LogP contribution is -2.49. The van der Waals surface area contributed by atoms with Crippen LogP contribution in [-0.2, 0) is 4.79 Å². The van der Waals surface area contributed by atoms with Gasteiger partial charge in [-0.25, -0.2) is 0 Å². The number of rotatable bonds is 4. The Balaban J connectivity index is 1.48. The molecule has 2 aliphatic heterocycles. The Bertz CT molecular complexity index is 443. The van der Waals surface area contributed by atoms with Crippen molar-refractivity contribution in [1.29, 1.82) is 0 Å². The summed E-state index contributed by atoms with van der Waals surface area (Å²) in [5, 5.41) is 6.41. The molecule has 3 atom stereocenters. The fourth-order valence-corrected chi connectivity index (χ4v) is 4.58. The van der Waals surface area contributed by atoms with Crippen molar-refractivity contribution in [2.45, 2.75) is 38.3 Å². The number of nitrogens with one attached hydrogen (secondary N) is 2. The first kappa shape index (κ1) is 17.0. The molecule has 2 heterocycles. The lowest BCUT2D eigenvalue weighted by Gasteiger charge is -2.37. The molecule has 3 aliphatic rings. The molecule has 0 aromatic rings. The summed E-state index contributed by atoms with van der Waals surface area (Å²) in [5.41, 5.74) is -0.275. The van der Waals surface area contributed by atoms with Crippen molar-refractivity contribution in [2.75, 3.05) is 39.3 Å².